The highest BCUT2D eigenvalue weighted by atomic mass is 16.5. The number of amides is 1. The first kappa shape index (κ1) is 19.8. The van der Waals surface area contributed by atoms with Gasteiger partial charge in [-0.05, 0) is 36.8 Å². The Morgan fingerprint density at radius 1 is 0.963 bits per heavy atom. The number of aliphatic carboxylic acids is 1. The third-order valence-corrected chi connectivity index (χ3v) is 4.25. The molecule has 2 aromatic carbocycles. The molecule has 0 aliphatic carbocycles. The molecule has 0 fully saturated rings. The number of rotatable bonds is 7. The van der Waals surface area contributed by atoms with Crippen LogP contribution in [0.25, 0.3) is 0 Å². The lowest BCUT2D eigenvalue weighted by molar-refractivity contribution is -0.147. The van der Waals surface area contributed by atoms with Crippen LogP contribution in [0.4, 0.5) is 5.69 Å². The van der Waals surface area contributed by atoms with Gasteiger partial charge in [0.2, 0.25) is 5.91 Å². The molecule has 0 saturated carbocycles. The molecule has 0 spiro atoms. The van der Waals surface area contributed by atoms with Gasteiger partial charge in [-0.15, -0.1) is 0 Å². The molecule has 0 bridgehead atoms. The van der Waals surface area contributed by atoms with Crippen LogP contribution < -0.4 is 14.8 Å². The van der Waals surface area contributed by atoms with Crippen LogP contribution >= 0.6 is 0 Å². The number of carboxylic acid groups (broad SMARTS) is 2. The summed E-state index contributed by atoms with van der Waals surface area (Å²) in [6.45, 7) is 1.23. The van der Waals surface area contributed by atoms with Crippen molar-refractivity contribution in [1.82, 2.24) is 0 Å². The molecular formula is C19H19NO7. The first-order valence-corrected chi connectivity index (χ1v) is 7.85. The average Bonchev–Trinajstić information content (AvgIpc) is 2.66. The molecule has 1 amide bonds. The Morgan fingerprint density at radius 2 is 1.59 bits per heavy atom. The standard InChI is InChI=1S/C19H19NO7/c1-19(18(24)25,11-8-9-14(26-2)15(10-11)27-3)17(23)20-13-7-5-4-6-12(13)16(21)22/h4-10H,1-3H3,(H,20,23)(H,21,22)(H,24,25). The van der Waals surface area contributed by atoms with Crippen molar-refractivity contribution in [2.75, 3.05) is 19.5 Å². The van der Waals surface area contributed by atoms with Gasteiger partial charge in [0.05, 0.1) is 25.5 Å². The fraction of sp³-hybridized carbons (Fsp3) is 0.211. The van der Waals surface area contributed by atoms with Crippen molar-refractivity contribution in [1.29, 1.82) is 0 Å². The summed E-state index contributed by atoms with van der Waals surface area (Å²) >= 11 is 0. The molecule has 2 aromatic rings. The number of carbonyl (C=O) groups excluding carboxylic acids is 1. The first-order chi connectivity index (χ1) is 12.7. The number of carboxylic acids is 2. The van der Waals surface area contributed by atoms with Crippen molar-refractivity contribution < 1.29 is 34.1 Å². The van der Waals surface area contributed by atoms with Gasteiger partial charge in [-0.2, -0.15) is 0 Å². The van der Waals surface area contributed by atoms with E-state index in [0.29, 0.717) is 5.75 Å². The Labute approximate surface area is 155 Å². The highest BCUT2D eigenvalue weighted by Crippen LogP contribution is 2.34. The minimum Gasteiger partial charge on any atom is -0.493 e. The van der Waals surface area contributed by atoms with Crippen molar-refractivity contribution in [3.8, 4) is 11.5 Å². The summed E-state index contributed by atoms with van der Waals surface area (Å²) in [7, 11) is 2.83. The van der Waals surface area contributed by atoms with E-state index in [1.54, 1.807) is 0 Å². The van der Waals surface area contributed by atoms with E-state index in [1.807, 2.05) is 0 Å². The van der Waals surface area contributed by atoms with Gasteiger partial charge in [-0.3, -0.25) is 9.59 Å². The summed E-state index contributed by atoms with van der Waals surface area (Å²) in [5, 5.41) is 21.4. The zero-order chi connectivity index (χ0) is 20.2. The molecule has 8 nitrogen and oxygen atoms in total. The topological polar surface area (TPSA) is 122 Å². The summed E-state index contributed by atoms with van der Waals surface area (Å²) in [5.74, 6) is -2.89. The van der Waals surface area contributed by atoms with Crippen LogP contribution in [0.5, 0.6) is 11.5 Å². The molecule has 0 heterocycles. The highest BCUT2D eigenvalue weighted by molar-refractivity contribution is 6.14. The maximum absolute atomic E-state index is 12.8. The number of para-hydroxylation sites is 1. The van der Waals surface area contributed by atoms with Gasteiger partial charge < -0.3 is 25.0 Å². The molecule has 0 radical (unpaired) electrons. The number of methoxy groups -OCH3 is 2. The van der Waals surface area contributed by atoms with E-state index in [9.17, 15) is 24.6 Å². The Balaban J connectivity index is 2.49. The van der Waals surface area contributed by atoms with Crippen LogP contribution in [0.1, 0.15) is 22.8 Å². The number of carbonyl (C=O) groups is 3. The van der Waals surface area contributed by atoms with Crippen LogP contribution in [0.15, 0.2) is 42.5 Å². The van der Waals surface area contributed by atoms with Crippen LogP contribution in [0.3, 0.4) is 0 Å². The SMILES string of the molecule is COc1ccc(C(C)(C(=O)O)C(=O)Nc2ccccc2C(=O)O)cc1OC. The molecule has 8 heteroatoms. The minimum absolute atomic E-state index is 0.00273. The van der Waals surface area contributed by atoms with Gasteiger partial charge >= 0.3 is 11.9 Å². The van der Waals surface area contributed by atoms with E-state index in [0.717, 1.165) is 0 Å². The third-order valence-electron chi connectivity index (χ3n) is 4.25. The normalized spacial score (nSPS) is 12.6. The molecule has 27 heavy (non-hydrogen) atoms. The van der Waals surface area contributed by atoms with Crippen LogP contribution in [0.2, 0.25) is 0 Å². The highest BCUT2D eigenvalue weighted by Gasteiger charge is 2.44. The monoisotopic (exact) mass is 373 g/mol. The largest absolute Gasteiger partial charge is 0.493 e. The number of anilines is 1. The van der Waals surface area contributed by atoms with Crippen LogP contribution in [0, 0.1) is 0 Å². The van der Waals surface area contributed by atoms with E-state index >= 15 is 0 Å². The second kappa shape index (κ2) is 7.77. The predicted molar refractivity (Wildman–Crippen MR) is 96.6 cm³/mol. The summed E-state index contributed by atoms with van der Waals surface area (Å²) in [6.07, 6.45) is 0. The number of aromatic carboxylic acids is 1. The van der Waals surface area contributed by atoms with Crippen molar-refractivity contribution >= 4 is 23.5 Å². The second-order valence-electron chi connectivity index (χ2n) is 5.80. The fourth-order valence-corrected chi connectivity index (χ4v) is 2.52. The molecule has 3 N–H and O–H groups in total. The summed E-state index contributed by atoms with van der Waals surface area (Å²) < 4.78 is 10.3. The van der Waals surface area contributed by atoms with Crippen molar-refractivity contribution in [2.24, 2.45) is 0 Å². The number of hydrogen-bond acceptors (Lipinski definition) is 5. The van der Waals surface area contributed by atoms with Gasteiger partial charge in [0, 0.05) is 0 Å². The van der Waals surface area contributed by atoms with E-state index < -0.39 is 23.3 Å². The van der Waals surface area contributed by atoms with Crippen LogP contribution in [-0.4, -0.2) is 42.3 Å². The smallest absolute Gasteiger partial charge is 0.337 e. The summed E-state index contributed by atoms with van der Waals surface area (Å²) in [5.41, 5.74) is -1.99. The van der Waals surface area contributed by atoms with Gasteiger partial charge in [0.1, 0.15) is 0 Å². The molecule has 0 aliphatic heterocycles. The number of ether oxygens (including phenoxy) is 2. The van der Waals surface area contributed by atoms with Gasteiger partial charge in [-0.25, -0.2) is 4.79 Å². The molecule has 0 aromatic heterocycles. The molecule has 2 rings (SSSR count). The molecule has 0 saturated heterocycles. The number of nitrogens with one attached hydrogen (secondary N) is 1. The lowest BCUT2D eigenvalue weighted by Gasteiger charge is -2.25. The zero-order valence-corrected chi connectivity index (χ0v) is 15.0. The van der Waals surface area contributed by atoms with E-state index in [1.165, 1.54) is 63.6 Å². The molecular weight excluding hydrogens is 354 g/mol. The molecule has 1 atom stereocenters. The minimum atomic E-state index is -1.99. The molecule has 142 valence electrons. The summed E-state index contributed by atoms with van der Waals surface area (Å²) in [4.78, 5) is 36.1. The lowest BCUT2D eigenvalue weighted by atomic mass is 9.81. The maximum atomic E-state index is 12.8. The Morgan fingerprint density at radius 3 is 2.15 bits per heavy atom. The maximum Gasteiger partial charge on any atom is 0.337 e. The van der Waals surface area contributed by atoms with E-state index in [-0.39, 0.29) is 22.6 Å². The number of benzene rings is 2. The Kier molecular flexibility index (Phi) is 5.69. The number of hydrogen-bond donors (Lipinski definition) is 3. The fourth-order valence-electron chi connectivity index (χ4n) is 2.52. The van der Waals surface area contributed by atoms with Crippen molar-refractivity contribution in [3.63, 3.8) is 0 Å². The van der Waals surface area contributed by atoms with Gasteiger partial charge in [-0.1, -0.05) is 18.2 Å². The summed E-state index contributed by atoms with van der Waals surface area (Å²) in [6, 6.07) is 10.1. The van der Waals surface area contributed by atoms with Crippen molar-refractivity contribution in [3.05, 3.63) is 53.6 Å². The predicted octanol–water partition coefficient (Wildman–Crippen LogP) is 2.38. The molecule has 1 unspecified atom stereocenters. The van der Waals surface area contributed by atoms with E-state index in [2.05, 4.69) is 5.32 Å². The third kappa shape index (κ3) is 3.69. The first-order valence-electron chi connectivity index (χ1n) is 7.85. The van der Waals surface area contributed by atoms with Gasteiger partial charge in [0.25, 0.3) is 0 Å². The average molecular weight is 373 g/mol. The Hall–Kier alpha value is -3.55. The van der Waals surface area contributed by atoms with E-state index in [4.69, 9.17) is 9.47 Å². The Bertz CT molecular complexity index is 893. The second-order valence-corrected chi connectivity index (χ2v) is 5.80. The van der Waals surface area contributed by atoms with Crippen molar-refractivity contribution in [2.45, 2.75) is 12.3 Å². The zero-order valence-electron chi connectivity index (χ0n) is 15.0. The lowest BCUT2D eigenvalue weighted by Crippen LogP contribution is -2.44. The van der Waals surface area contributed by atoms with Crippen LogP contribution in [-0.2, 0) is 15.0 Å². The van der Waals surface area contributed by atoms with Gasteiger partial charge in [0.15, 0.2) is 16.9 Å². The molecule has 0 aliphatic rings. The quantitative estimate of drug-likeness (QED) is 0.637.